The fraction of sp³-hybridized carbons (Fsp3) is 1.00. The van der Waals surface area contributed by atoms with Crippen LogP contribution in [0.25, 0.3) is 0 Å². The van der Waals surface area contributed by atoms with Gasteiger partial charge in [0.1, 0.15) is 0 Å². The fourth-order valence-electron chi connectivity index (χ4n) is 4.71. The number of hydrogen-bond donors (Lipinski definition) is 0. The first kappa shape index (κ1) is 10.5. The first-order valence-corrected chi connectivity index (χ1v) is 6.65. The summed E-state index contributed by atoms with van der Waals surface area (Å²) in [5.41, 5.74) is 0.787. The highest BCUT2D eigenvalue weighted by Gasteiger charge is 2.58. The van der Waals surface area contributed by atoms with Crippen LogP contribution in [0, 0.1) is 29.1 Å². The van der Waals surface area contributed by atoms with Crippen LogP contribution >= 0.6 is 0 Å². The Labute approximate surface area is 89.5 Å². The van der Waals surface area contributed by atoms with Crippen LogP contribution in [-0.4, -0.2) is 0 Å². The molecular formula is C14H26. The maximum Gasteiger partial charge on any atom is -0.0236 e. The van der Waals surface area contributed by atoms with E-state index in [4.69, 9.17) is 0 Å². The summed E-state index contributed by atoms with van der Waals surface area (Å²) in [4.78, 5) is 0. The minimum absolute atomic E-state index is 0.787. The van der Waals surface area contributed by atoms with Crippen molar-refractivity contribution >= 4 is 0 Å². The van der Waals surface area contributed by atoms with Crippen molar-refractivity contribution in [2.45, 2.75) is 59.8 Å². The predicted molar refractivity (Wildman–Crippen MR) is 62.2 cm³/mol. The van der Waals surface area contributed by atoms with E-state index >= 15 is 0 Å². The van der Waals surface area contributed by atoms with E-state index in [1.165, 1.54) is 25.7 Å². The van der Waals surface area contributed by atoms with Crippen molar-refractivity contribution in [3.05, 3.63) is 0 Å². The van der Waals surface area contributed by atoms with E-state index in [9.17, 15) is 0 Å². The predicted octanol–water partition coefficient (Wildman–Crippen LogP) is 4.49. The third kappa shape index (κ3) is 1.19. The molecular weight excluding hydrogens is 168 g/mol. The molecule has 0 radical (unpaired) electrons. The van der Waals surface area contributed by atoms with E-state index in [2.05, 4.69) is 27.7 Å². The van der Waals surface area contributed by atoms with Gasteiger partial charge in [0.2, 0.25) is 0 Å². The molecule has 0 aromatic heterocycles. The van der Waals surface area contributed by atoms with Gasteiger partial charge in [-0.3, -0.25) is 0 Å². The molecule has 0 amide bonds. The molecule has 0 aliphatic heterocycles. The van der Waals surface area contributed by atoms with Gasteiger partial charge in [-0.1, -0.05) is 40.5 Å². The maximum absolute atomic E-state index is 2.51. The van der Waals surface area contributed by atoms with E-state index in [0.29, 0.717) is 0 Å². The van der Waals surface area contributed by atoms with Crippen LogP contribution in [0.5, 0.6) is 0 Å². The molecule has 0 bridgehead atoms. The van der Waals surface area contributed by atoms with Crippen molar-refractivity contribution in [1.29, 1.82) is 0 Å². The maximum atomic E-state index is 2.51. The Hall–Kier alpha value is 0. The minimum Gasteiger partial charge on any atom is -0.0651 e. The molecule has 2 aliphatic rings. The summed E-state index contributed by atoms with van der Waals surface area (Å²) < 4.78 is 0. The Bertz CT molecular complexity index is 208. The van der Waals surface area contributed by atoms with Crippen molar-refractivity contribution in [1.82, 2.24) is 0 Å². The van der Waals surface area contributed by atoms with Crippen LogP contribution in [0.3, 0.4) is 0 Å². The molecule has 0 aromatic carbocycles. The van der Waals surface area contributed by atoms with Crippen LogP contribution in [0.4, 0.5) is 0 Å². The highest BCUT2D eigenvalue weighted by Crippen LogP contribution is 2.66. The molecule has 5 unspecified atom stereocenters. The summed E-state index contributed by atoms with van der Waals surface area (Å²) in [7, 11) is 0. The highest BCUT2D eigenvalue weighted by molar-refractivity contribution is 5.07. The lowest BCUT2D eigenvalue weighted by molar-refractivity contribution is -0.105. The second-order valence-corrected chi connectivity index (χ2v) is 5.91. The van der Waals surface area contributed by atoms with Crippen LogP contribution < -0.4 is 0 Å². The van der Waals surface area contributed by atoms with E-state index in [-0.39, 0.29) is 0 Å². The molecule has 0 N–H and O–H groups in total. The third-order valence-electron chi connectivity index (χ3n) is 5.77. The van der Waals surface area contributed by atoms with Crippen LogP contribution in [0.1, 0.15) is 59.8 Å². The molecule has 2 rings (SSSR count). The first-order valence-electron chi connectivity index (χ1n) is 6.65. The number of hydrogen-bond acceptors (Lipinski definition) is 0. The molecule has 5 atom stereocenters. The van der Waals surface area contributed by atoms with Gasteiger partial charge in [-0.2, -0.15) is 0 Å². The van der Waals surface area contributed by atoms with Gasteiger partial charge in [0.25, 0.3) is 0 Å². The van der Waals surface area contributed by atoms with E-state index in [1.807, 2.05) is 0 Å². The lowest BCUT2D eigenvalue weighted by atomic mass is 9.46. The Morgan fingerprint density at radius 1 is 1.14 bits per heavy atom. The zero-order chi connectivity index (χ0) is 10.3. The van der Waals surface area contributed by atoms with Gasteiger partial charge >= 0.3 is 0 Å². The minimum atomic E-state index is 0.787. The lowest BCUT2D eigenvalue weighted by Gasteiger charge is -2.59. The number of rotatable bonds is 2. The Morgan fingerprint density at radius 2 is 1.86 bits per heavy atom. The smallest absolute Gasteiger partial charge is 0.0236 e. The summed E-state index contributed by atoms with van der Waals surface area (Å²) in [6.07, 6.45) is 7.44. The average Bonchev–Trinajstić information content (AvgIpc) is 2.64. The molecule has 2 aliphatic carbocycles. The average molecular weight is 194 g/mol. The topological polar surface area (TPSA) is 0 Å². The first-order chi connectivity index (χ1) is 6.65. The Kier molecular flexibility index (Phi) is 2.66. The molecule has 14 heavy (non-hydrogen) atoms. The van der Waals surface area contributed by atoms with Crippen molar-refractivity contribution in [3.63, 3.8) is 0 Å². The van der Waals surface area contributed by atoms with Gasteiger partial charge in [-0.25, -0.2) is 0 Å². The Balaban J connectivity index is 2.09. The summed E-state index contributed by atoms with van der Waals surface area (Å²) in [6, 6.07) is 0. The molecule has 0 saturated heterocycles. The van der Waals surface area contributed by atoms with Crippen molar-refractivity contribution in [3.8, 4) is 0 Å². The quantitative estimate of drug-likeness (QED) is 0.607. The monoisotopic (exact) mass is 194 g/mol. The van der Waals surface area contributed by atoms with Gasteiger partial charge in [-0.15, -0.1) is 0 Å². The van der Waals surface area contributed by atoms with E-state index in [1.54, 1.807) is 6.42 Å². The second-order valence-electron chi connectivity index (χ2n) is 5.91. The lowest BCUT2D eigenvalue weighted by Crippen LogP contribution is -2.52. The van der Waals surface area contributed by atoms with Gasteiger partial charge in [-0.05, 0) is 48.3 Å². The van der Waals surface area contributed by atoms with Crippen molar-refractivity contribution < 1.29 is 0 Å². The van der Waals surface area contributed by atoms with E-state index in [0.717, 1.165) is 29.1 Å². The van der Waals surface area contributed by atoms with Crippen molar-refractivity contribution in [2.75, 3.05) is 0 Å². The second kappa shape index (κ2) is 3.54. The van der Waals surface area contributed by atoms with Gasteiger partial charge in [0.15, 0.2) is 0 Å². The zero-order valence-corrected chi connectivity index (χ0v) is 10.3. The van der Waals surface area contributed by atoms with Crippen LogP contribution in [0.15, 0.2) is 0 Å². The summed E-state index contributed by atoms with van der Waals surface area (Å²) in [5.74, 6) is 4.10. The molecule has 0 nitrogen and oxygen atoms in total. The molecule has 1 spiro atoms. The summed E-state index contributed by atoms with van der Waals surface area (Å²) in [6.45, 7) is 9.75. The van der Waals surface area contributed by atoms with Gasteiger partial charge in [0, 0.05) is 0 Å². The Morgan fingerprint density at radius 3 is 2.36 bits per heavy atom. The van der Waals surface area contributed by atoms with Crippen LogP contribution in [-0.2, 0) is 0 Å². The summed E-state index contributed by atoms with van der Waals surface area (Å²) in [5, 5.41) is 0. The highest BCUT2D eigenvalue weighted by atomic mass is 14.6. The van der Waals surface area contributed by atoms with Gasteiger partial charge < -0.3 is 0 Å². The summed E-state index contributed by atoms with van der Waals surface area (Å²) >= 11 is 0. The largest absolute Gasteiger partial charge is 0.0651 e. The molecule has 82 valence electrons. The molecule has 2 fully saturated rings. The van der Waals surface area contributed by atoms with E-state index < -0.39 is 0 Å². The molecule has 0 aromatic rings. The van der Waals surface area contributed by atoms with Crippen molar-refractivity contribution in [2.24, 2.45) is 29.1 Å². The molecule has 0 heterocycles. The molecule has 2 saturated carbocycles. The zero-order valence-electron chi connectivity index (χ0n) is 10.3. The van der Waals surface area contributed by atoms with Crippen LogP contribution in [0.2, 0.25) is 0 Å². The standard InChI is InChI=1S/C14H26/c1-5-12-7-8-14(9-12)11(4)10(3)13(14)6-2/h10-13H,5-9H2,1-4H3. The fourth-order valence-corrected chi connectivity index (χ4v) is 4.71. The third-order valence-corrected chi connectivity index (χ3v) is 5.77. The van der Waals surface area contributed by atoms with Gasteiger partial charge in [0.05, 0.1) is 0 Å². The normalized spacial score (nSPS) is 52.3. The molecule has 0 heteroatoms. The SMILES string of the molecule is CCC1CCC2(C1)C(C)C(C)C2CC.